The number of aromatic nitrogens is 1. The first kappa shape index (κ1) is 21.5. The van der Waals surface area contributed by atoms with Crippen LogP contribution in [0.5, 0.6) is 0 Å². The molecule has 3 aromatic rings. The molecule has 2 aromatic carbocycles. The molecule has 0 saturated carbocycles. The van der Waals surface area contributed by atoms with Gasteiger partial charge in [-0.05, 0) is 49.1 Å². The molecule has 0 radical (unpaired) electrons. The van der Waals surface area contributed by atoms with Crippen molar-refractivity contribution < 1.29 is 17.7 Å². The average molecular weight is 460 g/mol. The molecular weight excluding hydrogens is 438 g/mol. The smallest absolute Gasteiger partial charge is 0.244 e. The Kier molecular flexibility index (Phi) is 6.41. The van der Waals surface area contributed by atoms with Crippen molar-refractivity contribution in [3.05, 3.63) is 71.4 Å². The van der Waals surface area contributed by atoms with Crippen LogP contribution in [0.15, 0.2) is 70.2 Å². The molecule has 31 heavy (non-hydrogen) atoms. The van der Waals surface area contributed by atoms with Gasteiger partial charge in [0.1, 0.15) is 6.04 Å². The zero-order chi connectivity index (χ0) is 21.8. The molecule has 1 aliphatic heterocycles. The summed E-state index contributed by atoms with van der Waals surface area (Å²) in [4.78, 5) is 12.8. The maximum atomic E-state index is 13.5. The van der Waals surface area contributed by atoms with Crippen molar-refractivity contribution in [2.45, 2.75) is 36.7 Å². The minimum absolute atomic E-state index is 0.0692. The third-order valence-corrected chi connectivity index (χ3v) is 7.41. The molecule has 0 unspecified atom stereocenters. The Balaban J connectivity index is 1.68. The van der Waals surface area contributed by atoms with Crippen molar-refractivity contribution in [3.63, 3.8) is 0 Å². The van der Waals surface area contributed by atoms with Crippen LogP contribution in [-0.2, 0) is 21.4 Å². The second-order valence-electron chi connectivity index (χ2n) is 7.38. The first-order valence-corrected chi connectivity index (χ1v) is 11.8. The summed E-state index contributed by atoms with van der Waals surface area (Å²) in [6, 6.07) is 14.3. The molecule has 2 heterocycles. The lowest BCUT2D eigenvalue weighted by molar-refractivity contribution is -0.124. The monoisotopic (exact) mass is 459 g/mol. The highest BCUT2D eigenvalue weighted by atomic mass is 35.5. The van der Waals surface area contributed by atoms with Crippen LogP contribution in [0.2, 0.25) is 5.02 Å². The number of rotatable bonds is 6. The molecule has 0 spiro atoms. The molecule has 0 bridgehead atoms. The van der Waals surface area contributed by atoms with Crippen molar-refractivity contribution in [3.8, 4) is 11.3 Å². The first-order chi connectivity index (χ1) is 14.9. The summed E-state index contributed by atoms with van der Waals surface area (Å²) >= 11 is 5.94. The number of benzene rings is 2. The Morgan fingerprint density at radius 1 is 1.06 bits per heavy atom. The van der Waals surface area contributed by atoms with Crippen LogP contribution in [0.4, 0.5) is 0 Å². The zero-order valence-electron chi connectivity index (χ0n) is 16.7. The van der Waals surface area contributed by atoms with Gasteiger partial charge in [-0.3, -0.25) is 4.79 Å². The van der Waals surface area contributed by atoms with E-state index in [2.05, 4.69) is 10.5 Å². The third kappa shape index (κ3) is 4.81. The number of nitrogens with zero attached hydrogens (tertiary/aromatic N) is 2. The predicted octanol–water partition coefficient (Wildman–Crippen LogP) is 3.85. The number of amides is 1. The van der Waals surface area contributed by atoms with Crippen LogP contribution in [0.1, 0.15) is 24.8 Å². The van der Waals surface area contributed by atoms with Crippen LogP contribution < -0.4 is 5.32 Å². The SMILES string of the molecule is O=C1NCCCC[C@H]1N(Cc1ccc(-c2ccno2)cc1)S(=O)(=O)c1ccc(Cl)cc1. The molecular formula is C22H22ClN3O4S. The summed E-state index contributed by atoms with van der Waals surface area (Å²) < 4.78 is 33.5. The van der Waals surface area contributed by atoms with E-state index in [0.29, 0.717) is 23.7 Å². The van der Waals surface area contributed by atoms with E-state index in [-0.39, 0.29) is 17.3 Å². The Hall–Kier alpha value is -2.68. The number of carbonyl (C=O) groups is 1. The number of sulfonamides is 1. The normalized spacial score (nSPS) is 17.4. The van der Waals surface area contributed by atoms with Gasteiger partial charge < -0.3 is 9.84 Å². The van der Waals surface area contributed by atoms with E-state index in [1.807, 2.05) is 24.3 Å². The molecule has 1 aromatic heterocycles. The highest BCUT2D eigenvalue weighted by molar-refractivity contribution is 7.89. The van der Waals surface area contributed by atoms with Crippen LogP contribution in [0, 0.1) is 0 Å². The Labute approximate surface area is 186 Å². The second kappa shape index (κ2) is 9.21. The van der Waals surface area contributed by atoms with E-state index >= 15 is 0 Å². The minimum Gasteiger partial charge on any atom is -0.356 e. The summed E-state index contributed by atoms with van der Waals surface area (Å²) in [5.41, 5.74) is 1.60. The lowest BCUT2D eigenvalue weighted by atomic mass is 10.1. The summed E-state index contributed by atoms with van der Waals surface area (Å²) in [5.74, 6) is 0.355. The number of nitrogens with one attached hydrogen (secondary N) is 1. The molecule has 162 valence electrons. The Bertz CT molecular complexity index is 1130. The molecule has 1 N–H and O–H groups in total. The van der Waals surface area contributed by atoms with Crippen LogP contribution in [0.25, 0.3) is 11.3 Å². The van der Waals surface area contributed by atoms with Gasteiger partial charge in [0, 0.05) is 29.7 Å². The molecule has 1 aliphatic rings. The first-order valence-electron chi connectivity index (χ1n) is 10.0. The van der Waals surface area contributed by atoms with Crippen LogP contribution in [-0.4, -0.2) is 36.4 Å². The topological polar surface area (TPSA) is 92.5 Å². The summed E-state index contributed by atoms with van der Waals surface area (Å²) in [6.45, 7) is 0.621. The van der Waals surface area contributed by atoms with Gasteiger partial charge in [-0.2, -0.15) is 4.31 Å². The molecule has 9 heteroatoms. The van der Waals surface area contributed by atoms with Crippen molar-refractivity contribution in [1.82, 2.24) is 14.8 Å². The second-order valence-corrected chi connectivity index (χ2v) is 9.71. The van der Waals surface area contributed by atoms with E-state index in [1.165, 1.54) is 28.6 Å². The number of hydrogen-bond donors (Lipinski definition) is 1. The standard InChI is InChI=1S/C22H22ClN3O4S/c23-18-8-10-19(11-9-18)31(28,29)26(20-3-1-2-13-24-22(20)27)15-16-4-6-17(7-5-16)21-12-14-25-30-21/h4-12,14,20H,1-3,13,15H2,(H,24,27)/t20-/m1/s1. The van der Waals surface area contributed by atoms with Crippen molar-refractivity contribution >= 4 is 27.5 Å². The van der Waals surface area contributed by atoms with Crippen LogP contribution >= 0.6 is 11.6 Å². The van der Waals surface area contributed by atoms with Crippen molar-refractivity contribution in [1.29, 1.82) is 0 Å². The van der Waals surface area contributed by atoms with Gasteiger partial charge in [0.25, 0.3) is 0 Å². The van der Waals surface area contributed by atoms with E-state index in [9.17, 15) is 13.2 Å². The molecule has 0 aliphatic carbocycles. The van der Waals surface area contributed by atoms with Crippen molar-refractivity contribution in [2.24, 2.45) is 0 Å². The van der Waals surface area contributed by atoms with Gasteiger partial charge in [-0.1, -0.05) is 41.0 Å². The number of hydrogen-bond acceptors (Lipinski definition) is 5. The van der Waals surface area contributed by atoms with E-state index in [4.69, 9.17) is 16.1 Å². The van der Waals surface area contributed by atoms with Gasteiger partial charge in [0.2, 0.25) is 15.9 Å². The maximum Gasteiger partial charge on any atom is 0.244 e. The fraction of sp³-hybridized carbons (Fsp3) is 0.273. The van der Waals surface area contributed by atoms with Gasteiger partial charge >= 0.3 is 0 Å². The highest BCUT2D eigenvalue weighted by Crippen LogP contribution is 2.27. The molecule has 1 fully saturated rings. The molecule has 7 nitrogen and oxygen atoms in total. The Morgan fingerprint density at radius 3 is 2.48 bits per heavy atom. The largest absolute Gasteiger partial charge is 0.356 e. The molecule has 1 saturated heterocycles. The lowest BCUT2D eigenvalue weighted by Crippen LogP contribution is -2.48. The van der Waals surface area contributed by atoms with Crippen molar-refractivity contribution in [2.75, 3.05) is 6.54 Å². The highest BCUT2D eigenvalue weighted by Gasteiger charge is 2.36. The summed E-state index contributed by atoms with van der Waals surface area (Å²) in [5, 5.41) is 6.98. The van der Waals surface area contributed by atoms with Gasteiger partial charge in [-0.15, -0.1) is 0 Å². The third-order valence-electron chi connectivity index (χ3n) is 5.29. The zero-order valence-corrected chi connectivity index (χ0v) is 18.3. The van der Waals surface area contributed by atoms with Gasteiger partial charge in [0.15, 0.2) is 5.76 Å². The molecule has 1 amide bonds. The van der Waals surface area contributed by atoms with E-state index < -0.39 is 16.1 Å². The maximum absolute atomic E-state index is 13.5. The fourth-order valence-electron chi connectivity index (χ4n) is 3.62. The predicted molar refractivity (Wildman–Crippen MR) is 117 cm³/mol. The van der Waals surface area contributed by atoms with E-state index in [1.54, 1.807) is 12.3 Å². The van der Waals surface area contributed by atoms with Gasteiger partial charge in [-0.25, -0.2) is 8.42 Å². The Morgan fingerprint density at radius 2 is 1.81 bits per heavy atom. The number of carbonyl (C=O) groups excluding carboxylic acids is 1. The van der Waals surface area contributed by atoms with Gasteiger partial charge in [0.05, 0.1) is 11.1 Å². The quantitative estimate of drug-likeness (QED) is 0.604. The summed E-state index contributed by atoms with van der Waals surface area (Å²) in [6.07, 6.45) is 3.62. The molecule has 4 rings (SSSR count). The van der Waals surface area contributed by atoms with E-state index in [0.717, 1.165) is 24.0 Å². The lowest BCUT2D eigenvalue weighted by Gasteiger charge is -2.29. The average Bonchev–Trinajstić information content (AvgIpc) is 3.22. The summed E-state index contributed by atoms with van der Waals surface area (Å²) in [7, 11) is -3.93. The number of halogens is 1. The molecule has 1 atom stereocenters. The fourth-order valence-corrected chi connectivity index (χ4v) is 5.35. The minimum atomic E-state index is -3.93. The van der Waals surface area contributed by atoms with Crippen LogP contribution in [0.3, 0.4) is 0 Å².